The Kier molecular flexibility index (Phi) is 2.27. The minimum absolute atomic E-state index is 0.449. The Bertz CT molecular complexity index is 460. The SMILES string of the molecule is Cc1cccc2cc(CON)n(C)c12. The molecule has 0 aliphatic heterocycles. The summed E-state index contributed by atoms with van der Waals surface area (Å²) in [5, 5.41) is 1.24. The third-order valence-corrected chi connectivity index (χ3v) is 2.59. The van der Waals surface area contributed by atoms with Crippen molar-refractivity contribution in [2.45, 2.75) is 13.5 Å². The monoisotopic (exact) mass is 190 g/mol. The standard InChI is InChI=1S/C11H14N2O/c1-8-4-3-5-9-6-10(7-14-12)13(2)11(8)9/h3-6H,7,12H2,1-2H3. The smallest absolute Gasteiger partial charge is 0.108 e. The Morgan fingerprint density at radius 3 is 2.86 bits per heavy atom. The number of nitrogens with two attached hydrogens (primary N) is 1. The predicted octanol–water partition coefficient (Wildman–Crippen LogP) is 1.88. The lowest BCUT2D eigenvalue weighted by Crippen LogP contribution is -2.03. The zero-order chi connectivity index (χ0) is 10.1. The number of hydrogen-bond donors (Lipinski definition) is 1. The van der Waals surface area contributed by atoms with Gasteiger partial charge in [0.05, 0.1) is 5.52 Å². The predicted molar refractivity (Wildman–Crippen MR) is 56.6 cm³/mol. The zero-order valence-electron chi connectivity index (χ0n) is 8.45. The second-order valence-corrected chi connectivity index (χ2v) is 3.52. The molecule has 14 heavy (non-hydrogen) atoms. The number of benzene rings is 1. The molecule has 0 radical (unpaired) electrons. The maximum Gasteiger partial charge on any atom is 0.108 e. The molecule has 0 bridgehead atoms. The van der Waals surface area contributed by atoms with Gasteiger partial charge in [-0.25, -0.2) is 5.90 Å². The molecule has 2 aromatic rings. The molecule has 2 N–H and O–H groups in total. The van der Waals surface area contributed by atoms with E-state index in [2.05, 4.69) is 40.6 Å². The molecule has 1 aromatic carbocycles. The van der Waals surface area contributed by atoms with Crippen LogP contribution in [-0.4, -0.2) is 4.57 Å². The molecule has 0 amide bonds. The summed E-state index contributed by atoms with van der Waals surface area (Å²) in [5.74, 6) is 5.08. The highest BCUT2D eigenvalue weighted by molar-refractivity contribution is 5.84. The van der Waals surface area contributed by atoms with Crippen molar-refractivity contribution in [1.82, 2.24) is 4.57 Å². The van der Waals surface area contributed by atoms with E-state index in [0.29, 0.717) is 6.61 Å². The van der Waals surface area contributed by atoms with Crippen LogP contribution in [0.4, 0.5) is 0 Å². The van der Waals surface area contributed by atoms with Crippen molar-refractivity contribution in [2.24, 2.45) is 12.9 Å². The number of rotatable bonds is 2. The number of nitrogens with zero attached hydrogens (tertiary/aromatic N) is 1. The van der Waals surface area contributed by atoms with E-state index in [4.69, 9.17) is 5.90 Å². The molecule has 0 fully saturated rings. The van der Waals surface area contributed by atoms with Gasteiger partial charge in [0.15, 0.2) is 0 Å². The van der Waals surface area contributed by atoms with Crippen molar-refractivity contribution in [3.05, 3.63) is 35.5 Å². The minimum Gasteiger partial charge on any atom is -0.345 e. The van der Waals surface area contributed by atoms with E-state index >= 15 is 0 Å². The molecule has 2 rings (SSSR count). The van der Waals surface area contributed by atoms with Gasteiger partial charge in [-0.05, 0) is 18.6 Å². The molecule has 3 heteroatoms. The highest BCUT2D eigenvalue weighted by Crippen LogP contribution is 2.22. The lowest BCUT2D eigenvalue weighted by molar-refractivity contribution is 0.119. The van der Waals surface area contributed by atoms with Crippen molar-refractivity contribution in [3.8, 4) is 0 Å². The summed E-state index contributed by atoms with van der Waals surface area (Å²) in [6.45, 7) is 2.56. The normalized spacial score (nSPS) is 11.1. The summed E-state index contributed by atoms with van der Waals surface area (Å²) in [5.41, 5.74) is 3.62. The quantitative estimate of drug-likeness (QED) is 0.734. The average molecular weight is 190 g/mol. The van der Waals surface area contributed by atoms with E-state index in [1.54, 1.807) is 0 Å². The summed E-state index contributed by atoms with van der Waals surface area (Å²) in [4.78, 5) is 4.66. The van der Waals surface area contributed by atoms with E-state index in [9.17, 15) is 0 Å². The summed E-state index contributed by atoms with van der Waals surface area (Å²) in [7, 11) is 2.03. The molecule has 0 unspecified atom stereocenters. The number of fused-ring (bicyclic) bond motifs is 1. The van der Waals surface area contributed by atoms with Crippen molar-refractivity contribution >= 4 is 10.9 Å². The molecule has 0 spiro atoms. The molecular weight excluding hydrogens is 176 g/mol. The first-order chi connectivity index (χ1) is 6.74. The fourth-order valence-corrected chi connectivity index (χ4v) is 1.90. The first-order valence-electron chi connectivity index (χ1n) is 4.59. The molecule has 1 heterocycles. The number of para-hydroxylation sites is 1. The van der Waals surface area contributed by atoms with Crippen molar-refractivity contribution in [1.29, 1.82) is 0 Å². The van der Waals surface area contributed by atoms with E-state index in [-0.39, 0.29) is 0 Å². The highest BCUT2D eigenvalue weighted by atomic mass is 16.6. The third-order valence-electron chi connectivity index (χ3n) is 2.59. The molecular formula is C11H14N2O. The first kappa shape index (κ1) is 9.24. The van der Waals surface area contributed by atoms with Gasteiger partial charge in [0.2, 0.25) is 0 Å². The fraction of sp³-hybridized carbons (Fsp3) is 0.273. The molecule has 1 aromatic heterocycles. The Morgan fingerprint density at radius 1 is 1.43 bits per heavy atom. The van der Waals surface area contributed by atoms with Crippen LogP contribution in [0.3, 0.4) is 0 Å². The van der Waals surface area contributed by atoms with Gasteiger partial charge in [-0.3, -0.25) is 4.84 Å². The lowest BCUT2D eigenvalue weighted by Gasteiger charge is -2.03. The molecule has 3 nitrogen and oxygen atoms in total. The van der Waals surface area contributed by atoms with Gasteiger partial charge in [0.1, 0.15) is 6.61 Å². The van der Waals surface area contributed by atoms with Crippen LogP contribution in [0, 0.1) is 6.92 Å². The summed E-state index contributed by atoms with van der Waals surface area (Å²) in [6.07, 6.45) is 0. The molecule has 74 valence electrons. The molecule has 0 aliphatic rings. The lowest BCUT2D eigenvalue weighted by atomic mass is 10.2. The third kappa shape index (κ3) is 1.31. The van der Waals surface area contributed by atoms with Crippen LogP contribution >= 0.6 is 0 Å². The van der Waals surface area contributed by atoms with Crippen LogP contribution in [-0.2, 0) is 18.5 Å². The van der Waals surface area contributed by atoms with Gasteiger partial charge in [0.25, 0.3) is 0 Å². The van der Waals surface area contributed by atoms with Crippen LogP contribution in [0.25, 0.3) is 10.9 Å². The molecule has 0 saturated heterocycles. The Morgan fingerprint density at radius 2 is 2.21 bits per heavy atom. The number of aromatic nitrogens is 1. The van der Waals surface area contributed by atoms with E-state index in [1.807, 2.05) is 7.05 Å². The van der Waals surface area contributed by atoms with Gasteiger partial charge >= 0.3 is 0 Å². The van der Waals surface area contributed by atoms with Crippen molar-refractivity contribution in [3.63, 3.8) is 0 Å². The second kappa shape index (κ2) is 3.44. The van der Waals surface area contributed by atoms with Gasteiger partial charge in [0, 0.05) is 18.1 Å². The van der Waals surface area contributed by atoms with Gasteiger partial charge in [-0.1, -0.05) is 18.2 Å². The Balaban J connectivity index is 2.68. The first-order valence-corrected chi connectivity index (χ1v) is 4.59. The minimum atomic E-state index is 0.449. The Labute approximate surface area is 83.0 Å². The van der Waals surface area contributed by atoms with Crippen molar-refractivity contribution < 1.29 is 4.84 Å². The average Bonchev–Trinajstić information content (AvgIpc) is 2.46. The van der Waals surface area contributed by atoms with Crippen LogP contribution in [0.1, 0.15) is 11.3 Å². The van der Waals surface area contributed by atoms with E-state index < -0.39 is 0 Å². The summed E-state index contributed by atoms with van der Waals surface area (Å²) < 4.78 is 2.12. The second-order valence-electron chi connectivity index (χ2n) is 3.52. The van der Waals surface area contributed by atoms with Crippen LogP contribution in [0.15, 0.2) is 24.3 Å². The van der Waals surface area contributed by atoms with Crippen LogP contribution < -0.4 is 5.90 Å². The van der Waals surface area contributed by atoms with Gasteiger partial charge in [-0.2, -0.15) is 0 Å². The molecule has 0 saturated carbocycles. The Hall–Kier alpha value is -1.32. The maximum atomic E-state index is 5.08. The number of aryl methyl sites for hydroxylation is 2. The van der Waals surface area contributed by atoms with Crippen molar-refractivity contribution in [2.75, 3.05) is 0 Å². The molecule has 0 aliphatic carbocycles. The highest BCUT2D eigenvalue weighted by Gasteiger charge is 2.06. The summed E-state index contributed by atoms with van der Waals surface area (Å²) >= 11 is 0. The summed E-state index contributed by atoms with van der Waals surface area (Å²) in [6, 6.07) is 8.37. The number of hydrogen-bond acceptors (Lipinski definition) is 2. The fourth-order valence-electron chi connectivity index (χ4n) is 1.90. The van der Waals surface area contributed by atoms with Crippen LogP contribution in [0.5, 0.6) is 0 Å². The van der Waals surface area contributed by atoms with Crippen LogP contribution in [0.2, 0.25) is 0 Å². The zero-order valence-corrected chi connectivity index (χ0v) is 8.45. The van der Waals surface area contributed by atoms with E-state index in [0.717, 1.165) is 5.69 Å². The van der Waals surface area contributed by atoms with Gasteiger partial charge in [-0.15, -0.1) is 0 Å². The maximum absolute atomic E-state index is 5.08. The van der Waals surface area contributed by atoms with E-state index in [1.165, 1.54) is 16.5 Å². The molecule has 0 atom stereocenters. The van der Waals surface area contributed by atoms with Gasteiger partial charge < -0.3 is 4.57 Å². The topological polar surface area (TPSA) is 40.2 Å². The largest absolute Gasteiger partial charge is 0.345 e.